The second-order valence-electron chi connectivity index (χ2n) is 5.79. The third-order valence-electron chi connectivity index (χ3n) is 3.21. The van der Waals surface area contributed by atoms with E-state index in [1.54, 1.807) is 0 Å². The van der Waals surface area contributed by atoms with Crippen molar-refractivity contribution in [1.29, 1.82) is 0 Å². The van der Waals surface area contributed by atoms with Crippen LogP contribution in [0.1, 0.15) is 32.2 Å². The fourth-order valence-electron chi connectivity index (χ4n) is 2.22. The predicted molar refractivity (Wildman–Crippen MR) is 76.5 cm³/mol. The maximum atomic E-state index is 6.20. The molecule has 0 amide bonds. The summed E-state index contributed by atoms with van der Waals surface area (Å²) in [5.74, 6) is 1.74. The minimum Gasteiger partial charge on any atom is -0.383 e. The summed E-state index contributed by atoms with van der Waals surface area (Å²) in [6.45, 7) is 8.53. The van der Waals surface area contributed by atoms with Gasteiger partial charge in [-0.15, -0.1) is 0 Å². The second-order valence-corrected chi connectivity index (χ2v) is 5.79. The predicted octanol–water partition coefficient (Wildman–Crippen LogP) is 3.28. The molecule has 0 spiro atoms. The van der Waals surface area contributed by atoms with Gasteiger partial charge in [0, 0.05) is 18.0 Å². The molecule has 0 fully saturated rings. The van der Waals surface area contributed by atoms with E-state index in [-0.39, 0.29) is 5.41 Å². The quantitative estimate of drug-likeness (QED) is 0.835. The number of nitrogens with zero attached hydrogens (tertiary/aromatic N) is 2. The van der Waals surface area contributed by atoms with Crippen molar-refractivity contribution in [2.45, 2.75) is 33.1 Å². The van der Waals surface area contributed by atoms with Crippen LogP contribution >= 0.6 is 0 Å². The highest BCUT2D eigenvalue weighted by Gasteiger charge is 2.24. The molecule has 0 aliphatic carbocycles. The molecule has 0 saturated carbocycles. The lowest BCUT2D eigenvalue weighted by molar-refractivity contribution is 0.524. The lowest BCUT2D eigenvalue weighted by Crippen LogP contribution is -2.17. The third kappa shape index (κ3) is 2.01. The highest BCUT2D eigenvalue weighted by molar-refractivity contribution is 5.73. The van der Waals surface area contributed by atoms with Crippen molar-refractivity contribution in [3.8, 4) is 11.3 Å². The van der Waals surface area contributed by atoms with Gasteiger partial charge in [0.15, 0.2) is 0 Å². The molecule has 3 nitrogen and oxygen atoms in total. The summed E-state index contributed by atoms with van der Waals surface area (Å²) >= 11 is 0. The molecule has 0 aliphatic heterocycles. The first-order chi connectivity index (χ1) is 8.32. The minimum atomic E-state index is -0.0101. The number of hydrogen-bond acceptors (Lipinski definition) is 2. The summed E-state index contributed by atoms with van der Waals surface area (Å²) in [7, 11) is 1.98. The van der Waals surface area contributed by atoms with E-state index in [9.17, 15) is 0 Å². The van der Waals surface area contributed by atoms with Crippen LogP contribution in [0.4, 0.5) is 5.82 Å². The van der Waals surface area contributed by atoms with Crippen molar-refractivity contribution in [2.75, 3.05) is 5.73 Å². The van der Waals surface area contributed by atoms with E-state index in [0.29, 0.717) is 0 Å². The number of imidazole rings is 1. The number of benzene rings is 1. The molecule has 0 bridgehead atoms. The Hall–Kier alpha value is -1.77. The summed E-state index contributed by atoms with van der Waals surface area (Å²) in [5.41, 5.74) is 9.39. The van der Waals surface area contributed by atoms with Crippen LogP contribution in [-0.2, 0) is 12.5 Å². The zero-order chi connectivity index (χ0) is 13.5. The molecule has 1 aromatic carbocycles. The van der Waals surface area contributed by atoms with Gasteiger partial charge in [0.05, 0.1) is 0 Å². The molecular weight excluding hydrogens is 222 g/mol. The van der Waals surface area contributed by atoms with Crippen molar-refractivity contribution in [3.05, 3.63) is 35.7 Å². The average molecular weight is 243 g/mol. The summed E-state index contributed by atoms with van der Waals surface area (Å²) < 4.78 is 1.99. The van der Waals surface area contributed by atoms with Gasteiger partial charge in [-0.2, -0.15) is 0 Å². The molecule has 18 heavy (non-hydrogen) atoms. The van der Waals surface area contributed by atoms with Gasteiger partial charge < -0.3 is 10.3 Å². The van der Waals surface area contributed by atoms with Crippen LogP contribution < -0.4 is 5.73 Å². The lowest BCUT2D eigenvalue weighted by atomic mass is 9.96. The van der Waals surface area contributed by atoms with Crippen LogP contribution in [0.15, 0.2) is 24.3 Å². The summed E-state index contributed by atoms with van der Waals surface area (Å²) in [5, 5.41) is 0. The molecule has 0 aliphatic rings. The number of aryl methyl sites for hydroxylation is 1. The molecule has 3 heteroatoms. The Morgan fingerprint density at radius 3 is 2.28 bits per heavy atom. The molecular formula is C15H21N3. The number of hydrogen-bond donors (Lipinski definition) is 1. The maximum absolute atomic E-state index is 6.20. The van der Waals surface area contributed by atoms with Crippen LogP contribution in [0, 0.1) is 6.92 Å². The first-order valence-electron chi connectivity index (χ1n) is 6.21. The molecule has 96 valence electrons. The van der Waals surface area contributed by atoms with Gasteiger partial charge in [0.25, 0.3) is 0 Å². The molecule has 1 aromatic heterocycles. The zero-order valence-electron chi connectivity index (χ0n) is 11.8. The van der Waals surface area contributed by atoms with Gasteiger partial charge in [0.2, 0.25) is 0 Å². The monoisotopic (exact) mass is 243 g/mol. The van der Waals surface area contributed by atoms with E-state index in [2.05, 4.69) is 39.8 Å². The first-order valence-corrected chi connectivity index (χ1v) is 6.21. The lowest BCUT2D eigenvalue weighted by Gasteiger charge is -2.17. The largest absolute Gasteiger partial charge is 0.383 e. The smallest absolute Gasteiger partial charge is 0.131 e. The number of nitrogen functional groups attached to an aromatic ring is 1. The number of anilines is 1. The molecule has 0 unspecified atom stereocenters. The summed E-state index contributed by atoms with van der Waals surface area (Å²) in [4.78, 5) is 4.75. The maximum Gasteiger partial charge on any atom is 0.131 e. The van der Waals surface area contributed by atoms with Crippen molar-refractivity contribution < 1.29 is 0 Å². The normalized spacial score (nSPS) is 11.8. The van der Waals surface area contributed by atoms with Crippen LogP contribution in [0.3, 0.4) is 0 Å². The van der Waals surface area contributed by atoms with Crippen LogP contribution in [-0.4, -0.2) is 9.55 Å². The van der Waals surface area contributed by atoms with E-state index in [1.165, 1.54) is 5.56 Å². The Labute approximate surface area is 109 Å². The van der Waals surface area contributed by atoms with E-state index in [1.807, 2.05) is 23.7 Å². The SMILES string of the molecule is Cc1ccccc1-c1nc(C(C)(C)C)n(C)c1N. The molecule has 2 aromatic rings. The zero-order valence-corrected chi connectivity index (χ0v) is 11.8. The summed E-state index contributed by atoms with van der Waals surface area (Å²) in [6.07, 6.45) is 0. The van der Waals surface area contributed by atoms with E-state index in [4.69, 9.17) is 10.7 Å². The molecule has 0 radical (unpaired) electrons. The van der Waals surface area contributed by atoms with E-state index >= 15 is 0 Å². The van der Waals surface area contributed by atoms with Crippen molar-refractivity contribution in [1.82, 2.24) is 9.55 Å². The summed E-state index contributed by atoms with van der Waals surface area (Å²) in [6, 6.07) is 8.20. The van der Waals surface area contributed by atoms with Gasteiger partial charge in [-0.05, 0) is 12.5 Å². The third-order valence-corrected chi connectivity index (χ3v) is 3.21. The number of aromatic nitrogens is 2. The van der Waals surface area contributed by atoms with E-state index in [0.717, 1.165) is 22.9 Å². The topological polar surface area (TPSA) is 43.8 Å². The Morgan fingerprint density at radius 1 is 1.17 bits per heavy atom. The van der Waals surface area contributed by atoms with Crippen LogP contribution in [0.25, 0.3) is 11.3 Å². The van der Waals surface area contributed by atoms with Crippen LogP contribution in [0.5, 0.6) is 0 Å². The highest BCUT2D eigenvalue weighted by Crippen LogP contribution is 2.32. The van der Waals surface area contributed by atoms with Crippen molar-refractivity contribution in [2.24, 2.45) is 7.05 Å². The van der Waals surface area contributed by atoms with Crippen molar-refractivity contribution >= 4 is 5.82 Å². The minimum absolute atomic E-state index is 0.0101. The first kappa shape index (κ1) is 12.7. The van der Waals surface area contributed by atoms with Gasteiger partial charge in [-0.1, -0.05) is 45.0 Å². The Morgan fingerprint density at radius 2 is 1.78 bits per heavy atom. The molecule has 1 heterocycles. The Balaban J connectivity index is 2.65. The fourth-order valence-corrected chi connectivity index (χ4v) is 2.22. The number of rotatable bonds is 1. The fraction of sp³-hybridized carbons (Fsp3) is 0.400. The van der Waals surface area contributed by atoms with Gasteiger partial charge >= 0.3 is 0 Å². The standard InChI is InChI=1S/C15H21N3/c1-10-8-6-7-9-11(10)12-13(16)18(5)14(17-12)15(2,3)4/h6-9H,16H2,1-5H3. The van der Waals surface area contributed by atoms with Gasteiger partial charge in [-0.3, -0.25) is 0 Å². The molecule has 2 N–H and O–H groups in total. The van der Waals surface area contributed by atoms with Gasteiger partial charge in [-0.25, -0.2) is 4.98 Å². The Bertz CT molecular complexity index is 574. The second kappa shape index (κ2) is 4.16. The van der Waals surface area contributed by atoms with Crippen molar-refractivity contribution in [3.63, 3.8) is 0 Å². The van der Waals surface area contributed by atoms with Gasteiger partial charge in [0.1, 0.15) is 17.3 Å². The molecule has 0 saturated heterocycles. The highest BCUT2D eigenvalue weighted by atomic mass is 15.1. The molecule has 0 atom stereocenters. The Kier molecular flexibility index (Phi) is 2.93. The van der Waals surface area contributed by atoms with Crippen LogP contribution in [0.2, 0.25) is 0 Å². The van der Waals surface area contributed by atoms with E-state index < -0.39 is 0 Å². The molecule has 2 rings (SSSR count). The number of nitrogens with two attached hydrogens (primary N) is 1. The average Bonchev–Trinajstić information content (AvgIpc) is 2.57.